The number of nitrogens with zero attached hydrogens (tertiary/aromatic N) is 4. The molecule has 124 valence electrons. The molecule has 6 heteroatoms. The number of pyridine rings is 2. The fraction of sp³-hybridized carbons (Fsp3) is 0.389. The average Bonchev–Trinajstić information content (AvgIpc) is 3.19. The van der Waals surface area contributed by atoms with E-state index in [9.17, 15) is 9.18 Å². The Bertz CT molecular complexity index is 739. The number of aromatic nitrogens is 2. The lowest BCUT2D eigenvalue weighted by molar-refractivity contribution is 0.0727. The number of rotatable bonds is 3. The van der Waals surface area contributed by atoms with E-state index in [4.69, 9.17) is 0 Å². The third-order valence-electron chi connectivity index (χ3n) is 5.06. The molecule has 0 aliphatic carbocycles. The first-order chi connectivity index (χ1) is 11.7. The first-order valence-corrected chi connectivity index (χ1v) is 8.27. The Morgan fingerprint density at radius 2 is 1.96 bits per heavy atom. The van der Waals surface area contributed by atoms with Gasteiger partial charge in [0.15, 0.2) is 5.82 Å². The van der Waals surface area contributed by atoms with E-state index in [-0.39, 0.29) is 17.5 Å². The van der Waals surface area contributed by atoms with Gasteiger partial charge in [0, 0.05) is 50.3 Å². The van der Waals surface area contributed by atoms with Crippen LogP contribution in [0.25, 0.3) is 0 Å². The molecule has 2 aliphatic heterocycles. The summed E-state index contributed by atoms with van der Waals surface area (Å²) in [7, 11) is 0. The molecular weight excluding hydrogens is 307 g/mol. The summed E-state index contributed by atoms with van der Waals surface area (Å²) in [6.07, 6.45) is 8.09. The van der Waals surface area contributed by atoms with Crippen LogP contribution in [0.2, 0.25) is 0 Å². The highest BCUT2D eigenvalue weighted by molar-refractivity contribution is 5.94. The zero-order valence-corrected chi connectivity index (χ0v) is 13.3. The molecule has 2 aliphatic rings. The van der Waals surface area contributed by atoms with Crippen LogP contribution in [0.4, 0.5) is 4.39 Å². The van der Waals surface area contributed by atoms with Crippen molar-refractivity contribution in [3.8, 4) is 0 Å². The van der Waals surface area contributed by atoms with Gasteiger partial charge in [-0.1, -0.05) is 6.07 Å². The number of likely N-dealkylation sites (tertiary alicyclic amines) is 2. The molecule has 2 atom stereocenters. The number of fused-ring (bicyclic) bond motifs is 1. The molecule has 0 spiro atoms. The molecule has 0 N–H and O–H groups in total. The van der Waals surface area contributed by atoms with Crippen molar-refractivity contribution in [1.82, 2.24) is 19.8 Å². The zero-order chi connectivity index (χ0) is 16.5. The highest BCUT2D eigenvalue weighted by Gasteiger charge is 2.44. The largest absolute Gasteiger partial charge is 0.334 e. The van der Waals surface area contributed by atoms with Crippen LogP contribution in [-0.4, -0.2) is 50.8 Å². The van der Waals surface area contributed by atoms with Gasteiger partial charge in [-0.05, 0) is 30.5 Å². The topological polar surface area (TPSA) is 49.3 Å². The van der Waals surface area contributed by atoms with E-state index < -0.39 is 5.82 Å². The second kappa shape index (κ2) is 6.28. The van der Waals surface area contributed by atoms with Crippen LogP contribution in [0.1, 0.15) is 28.8 Å². The van der Waals surface area contributed by atoms with Crippen molar-refractivity contribution >= 4 is 5.91 Å². The smallest absolute Gasteiger partial charge is 0.257 e. The lowest BCUT2D eigenvalue weighted by Crippen LogP contribution is -2.39. The maximum Gasteiger partial charge on any atom is 0.257 e. The molecule has 0 saturated carbocycles. The Labute approximate surface area is 140 Å². The first kappa shape index (κ1) is 15.2. The van der Waals surface area contributed by atoms with Gasteiger partial charge in [-0.15, -0.1) is 0 Å². The minimum atomic E-state index is -0.545. The predicted molar refractivity (Wildman–Crippen MR) is 86.7 cm³/mol. The van der Waals surface area contributed by atoms with Crippen LogP contribution in [0.15, 0.2) is 43.0 Å². The molecule has 1 amide bonds. The van der Waals surface area contributed by atoms with E-state index in [0.29, 0.717) is 12.6 Å². The molecule has 2 aromatic heterocycles. The van der Waals surface area contributed by atoms with Crippen LogP contribution in [0.5, 0.6) is 0 Å². The van der Waals surface area contributed by atoms with Crippen molar-refractivity contribution in [2.45, 2.75) is 31.5 Å². The molecular formula is C18H19FN4O. The third-order valence-corrected chi connectivity index (χ3v) is 5.06. The zero-order valence-electron chi connectivity index (χ0n) is 13.3. The molecule has 0 radical (unpaired) electrons. The van der Waals surface area contributed by atoms with E-state index in [0.717, 1.165) is 32.1 Å². The summed E-state index contributed by atoms with van der Waals surface area (Å²) in [6.45, 7) is 2.48. The van der Waals surface area contributed by atoms with Crippen molar-refractivity contribution in [2.75, 3.05) is 13.1 Å². The average molecular weight is 326 g/mol. The van der Waals surface area contributed by atoms with E-state index in [1.807, 2.05) is 17.2 Å². The van der Waals surface area contributed by atoms with E-state index in [1.165, 1.54) is 17.8 Å². The van der Waals surface area contributed by atoms with Gasteiger partial charge in [0.2, 0.25) is 0 Å². The van der Waals surface area contributed by atoms with Crippen LogP contribution in [-0.2, 0) is 6.54 Å². The normalized spacial score (nSPS) is 23.5. The van der Waals surface area contributed by atoms with Crippen LogP contribution >= 0.6 is 0 Å². The Kier molecular flexibility index (Phi) is 3.98. The summed E-state index contributed by atoms with van der Waals surface area (Å²) in [5.74, 6) is -0.762. The summed E-state index contributed by atoms with van der Waals surface area (Å²) in [4.78, 5) is 24.8. The number of carbonyl (C=O) groups is 1. The van der Waals surface area contributed by atoms with Gasteiger partial charge in [-0.2, -0.15) is 0 Å². The minimum absolute atomic E-state index is 0.122. The molecule has 5 nitrogen and oxygen atoms in total. The van der Waals surface area contributed by atoms with Crippen molar-refractivity contribution in [3.63, 3.8) is 0 Å². The van der Waals surface area contributed by atoms with Crippen molar-refractivity contribution in [1.29, 1.82) is 0 Å². The second-order valence-corrected chi connectivity index (χ2v) is 6.40. The maximum absolute atomic E-state index is 13.9. The monoisotopic (exact) mass is 326 g/mol. The van der Waals surface area contributed by atoms with Crippen LogP contribution < -0.4 is 0 Å². The van der Waals surface area contributed by atoms with Gasteiger partial charge in [-0.3, -0.25) is 19.7 Å². The third kappa shape index (κ3) is 2.67. The molecule has 2 fully saturated rings. The van der Waals surface area contributed by atoms with Gasteiger partial charge < -0.3 is 4.90 Å². The Morgan fingerprint density at radius 1 is 1.12 bits per heavy atom. The number of hydrogen-bond donors (Lipinski definition) is 0. The summed E-state index contributed by atoms with van der Waals surface area (Å²) < 4.78 is 13.9. The predicted octanol–water partition coefficient (Wildman–Crippen LogP) is 2.10. The quantitative estimate of drug-likeness (QED) is 0.867. The molecule has 0 bridgehead atoms. The summed E-state index contributed by atoms with van der Waals surface area (Å²) in [5, 5.41) is 0. The Hall–Kier alpha value is -2.34. The summed E-state index contributed by atoms with van der Waals surface area (Å²) in [5.41, 5.74) is 1.31. The van der Waals surface area contributed by atoms with Crippen LogP contribution in [0, 0.1) is 5.82 Å². The number of hydrogen-bond acceptors (Lipinski definition) is 4. The van der Waals surface area contributed by atoms with Crippen molar-refractivity contribution < 1.29 is 9.18 Å². The first-order valence-electron chi connectivity index (χ1n) is 8.27. The lowest BCUT2D eigenvalue weighted by Gasteiger charge is -2.25. The SMILES string of the molecule is O=C(c1ccncc1F)N1CC[C@@H]2[C@@H]1CCN2Cc1cccnc1. The molecule has 2 saturated heterocycles. The Balaban J connectivity index is 1.48. The standard InChI is InChI=1S/C18H19FN4O/c19-15-11-21-7-3-14(15)18(24)23-9-5-16-17(23)4-8-22(16)12-13-2-1-6-20-10-13/h1-3,6-7,10-11,16-17H,4-5,8-9,12H2/t16-,17+/m1/s1. The van der Waals surface area contributed by atoms with E-state index in [1.54, 1.807) is 6.20 Å². The highest BCUT2D eigenvalue weighted by atomic mass is 19.1. The Morgan fingerprint density at radius 3 is 2.75 bits per heavy atom. The number of halogens is 1. The molecule has 24 heavy (non-hydrogen) atoms. The highest BCUT2D eigenvalue weighted by Crippen LogP contribution is 2.33. The molecule has 0 unspecified atom stereocenters. The molecule has 4 heterocycles. The van der Waals surface area contributed by atoms with E-state index in [2.05, 4.69) is 20.9 Å². The fourth-order valence-electron chi connectivity index (χ4n) is 3.95. The second-order valence-electron chi connectivity index (χ2n) is 6.40. The summed E-state index contributed by atoms with van der Waals surface area (Å²) >= 11 is 0. The molecule has 2 aromatic rings. The van der Waals surface area contributed by atoms with Gasteiger partial charge in [0.1, 0.15) is 0 Å². The van der Waals surface area contributed by atoms with Crippen molar-refractivity contribution in [3.05, 3.63) is 59.9 Å². The molecule has 0 aromatic carbocycles. The van der Waals surface area contributed by atoms with Gasteiger partial charge in [-0.25, -0.2) is 4.39 Å². The number of carbonyl (C=O) groups excluding carboxylic acids is 1. The fourth-order valence-corrected chi connectivity index (χ4v) is 3.95. The van der Waals surface area contributed by atoms with Gasteiger partial charge >= 0.3 is 0 Å². The van der Waals surface area contributed by atoms with Crippen LogP contribution in [0.3, 0.4) is 0 Å². The summed E-state index contributed by atoms with van der Waals surface area (Å²) in [6, 6.07) is 6.00. The lowest BCUT2D eigenvalue weighted by atomic mass is 10.1. The minimum Gasteiger partial charge on any atom is -0.334 e. The molecule has 4 rings (SSSR count). The van der Waals surface area contributed by atoms with E-state index >= 15 is 0 Å². The maximum atomic E-state index is 13.9. The number of amides is 1. The van der Waals surface area contributed by atoms with Gasteiger partial charge in [0.25, 0.3) is 5.91 Å². The van der Waals surface area contributed by atoms with Crippen molar-refractivity contribution in [2.24, 2.45) is 0 Å². The van der Waals surface area contributed by atoms with Gasteiger partial charge in [0.05, 0.1) is 11.8 Å².